The van der Waals surface area contributed by atoms with Crippen LogP contribution in [-0.2, 0) is 26.1 Å². The number of amides is 1. The first-order valence-electron chi connectivity index (χ1n) is 5.62. The van der Waals surface area contributed by atoms with Gasteiger partial charge >= 0.3 is 5.97 Å². The molecule has 2 atom stereocenters. The number of carboxylic acids is 1. The van der Waals surface area contributed by atoms with Gasteiger partial charge in [0.05, 0.1) is 5.75 Å². The summed E-state index contributed by atoms with van der Waals surface area (Å²) in [5.41, 5.74) is 0.831. The molecule has 8 heteroatoms. The number of nitrogens with one attached hydrogen (secondary N) is 1. The number of rotatable bonds is 6. The number of pyridine rings is 1. The number of hydrogen-bond acceptors (Lipinski definition) is 5. The Bertz CT molecular complexity index is 582. The fraction of sp³-hybridized carbons (Fsp3) is 0.333. The molecule has 106 valence electrons. The largest absolute Gasteiger partial charge is 0.480 e. The quantitative estimate of drug-likeness (QED) is 0.749. The maximum absolute atomic E-state index is 11.9. The fourth-order valence-electron chi connectivity index (χ4n) is 1.48. The Kier molecular flexibility index (Phi) is 5.80. The van der Waals surface area contributed by atoms with Crippen molar-refractivity contribution in [2.75, 3.05) is 5.75 Å². The predicted octanol–water partition coefficient (Wildman–Crippen LogP) is -0.209. The third kappa shape index (κ3) is 5.16. The van der Waals surface area contributed by atoms with Crippen molar-refractivity contribution in [3.05, 3.63) is 29.6 Å². The van der Waals surface area contributed by atoms with Crippen molar-refractivity contribution >= 4 is 22.7 Å². The summed E-state index contributed by atoms with van der Waals surface area (Å²) in [5.74, 6) is -1.83. The molecule has 1 aromatic rings. The maximum Gasteiger partial charge on any atom is 0.327 e. The molecule has 0 spiro atoms. The van der Waals surface area contributed by atoms with E-state index in [1.165, 1.54) is 19.2 Å². The lowest BCUT2D eigenvalue weighted by Gasteiger charge is -2.12. The van der Waals surface area contributed by atoms with Crippen LogP contribution in [0.2, 0.25) is 0 Å². The Hall–Kier alpha value is -2.27. The van der Waals surface area contributed by atoms with E-state index in [0.29, 0.717) is 5.56 Å². The van der Waals surface area contributed by atoms with Crippen molar-refractivity contribution in [3.63, 3.8) is 0 Å². The van der Waals surface area contributed by atoms with Crippen LogP contribution in [0.25, 0.3) is 0 Å². The maximum atomic E-state index is 11.9. The van der Waals surface area contributed by atoms with E-state index in [0.717, 1.165) is 0 Å². The van der Waals surface area contributed by atoms with Crippen LogP contribution in [-0.4, -0.2) is 38.0 Å². The molecule has 20 heavy (non-hydrogen) atoms. The lowest BCUT2D eigenvalue weighted by atomic mass is 10.2. The molecule has 0 bridgehead atoms. The normalized spacial score (nSPS) is 13.0. The van der Waals surface area contributed by atoms with Gasteiger partial charge in [-0.3, -0.25) is 9.00 Å². The summed E-state index contributed by atoms with van der Waals surface area (Å²) < 4.78 is 11.9. The molecular weight excluding hydrogens is 282 g/mol. The number of nitrogens with zero attached hydrogens (tertiary/aromatic N) is 2. The van der Waals surface area contributed by atoms with Crippen molar-refractivity contribution < 1.29 is 18.9 Å². The summed E-state index contributed by atoms with van der Waals surface area (Å²) in [5, 5.41) is 19.8. The lowest BCUT2D eigenvalue weighted by molar-refractivity contribution is -0.140. The summed E-state index contributed by atoms with van der Waals surface area (Å²) in [4.78, 5) is 25.6. The van der Waals surface area contributed by atoms with E-state index in [-0.39, 0.29) is 17.2 Å². The molecular formula is C12H13N3O4S. The summed E-state index contributed by atoms with van der Waals surface area (Å²) in [7, 11) is -1.48. The van der Waals surface area contributed by atoms with Gasteiger partial charge in [0.25, 0.3) is 0 Å². The number of carbonyl (C=O) groups excluding carboxylic acids is 1. The highest BCUT2D eigenvalue weighted by atomic mass is 32.2. The molecule has 0 aliphatic heterocycles. The third-order valence-corrected chi connectivity index (χ3v) is 3.66. The van der Waals surface area contributed by atoms with Gasteiger partial charge in [-0.2, -0.15) is 5.26 Å². The van der Waals surface area contributed by atoms with Crippen LogP contribution in [0.4, 0.5) is 0 Å². The molecule has 0 aromatic carbocycles. The van der Waals surface area contributed by atoms with E-state index in [1.54, 1.807) is 6.07 Å². The number of aliphatic carboxylic acids is 1. The lowest BCUT2D eigenvalue weighted by Crippen LogP contribution is -2.43. The average molecular weight is 295 g/mol. The highest BCUT2D eigenvalue weighted by molar-refractivity contribution is 7.84. The monoisotopic (exact) mass is 295 g/mol. The molecule has 1 aromatic heterocycles. The van der Waals surface area contributed by atoms with Gasteiger partial charge in [-0.15, -0.1) is 0 Å². The molecule has 0 aliphatic rings. The van der Waals surface area contributed by atoms with Gasteiger partial charge in [0.2, 0.25) is 5.91 Å². The van der Waals surface area contributed by atoms with Crippen LogP contribution in [0.5, 0.6) is 0 Å². The second kappa shape index (κ2) is 7.35. The molecule has 0 saturated carbocycles. The van der Waals surface area contributed by atoms with Gasteiger partial charge in [0, 0.05) is 29.7 Å². The van der Waals surface area contributed by atoms with Crippen LogP contribution in [0.15, 0.2) is 18.3 Å². The molecule has 0 aliphatic carbocycles. The Balaban J connectivity index is 2.68. The third-order valence-electron chi connectivity index (χ3n) is 2.29. The minimum absolute atomic E-state index is 0.0978. The van der Waals surface area contributed by atoms with Crippen molar-refractivity contribution in [2.24, 2.45) is 0 Å². The zero-order chi connectivity index (χ0) is 15.1. The predicted molar refractivity (Wildman–Crippen MR) is 70.9 cm³/mol. The van der Waals surface area contributed by atoms with Crippen LogP contribution in [0.1, 0.15) is 18.2 Å². The summed E-state index contributed by atoms with van der Waals surface area (Å²) in [6, 6.07) is 3.77. The van der Waals surface area contributed by atoms with Gasteiger partial charge < -0.3 is 10.4 Å². The van der Waals surface area contributed by atoms with E-state index in [4.69, 9.17) is 10.4 Å². The Labute approximate surface area is 118 Å². The Morgan fingerprint density at radius 1 is 1.60 bits per heavy atom. The van der Waals surface area contributed by atoms with E-state index in [2.05, 4.69) is 10.3 Å². The van der Waals surface area contributed by atoms with Crippen LogP contribution in [0, 0.1) is 11.3 Å². The number of carboxylic acid groups (broad SMARTS) is 1. The van der Waals surface area contributed by atoms with Gasteiger partial charge in [0.15, 0.2) is 0 Å². The van der Waals surface area contributed by atoms with Gasteiger partial charge in [-0.1, -0.05) is 0 Å². The topological polar surface area (TPSA) is 120 Å². The SMILES string of the molecule is CC(=O)NC(CS(=O)Cc1ccnc(C#N)c1)C(=O)O. The number of carbonyl (C=O) groups is 2. The number of aromatic nitrogens is 1. The van der Waals surface area contributed by atoms with Crippen molar-refractivity contribution in [1.82, 2.24) is 10.3 Å². The Morgan fingerprint density at radius 2 is 2.30 bits per heavy atom. The molecule has 1 amide bonds. The molecule has 0 radical (unpaired) electrons. The molecule has 1 rings (SSSR count). The van der Waals surface area contributed by atoms with Crippen LogP contribution >= 0.6 is 0 Å². The van der Waals surface area contributed by atoms with Crippen molar-refractivity contribution in [2.45, 2.75) is 18.7 Å². The van der Waals surface area contributed by atoms with Gasteiger partial charge in [0.1, 0.15) is 17.8 Å². The minimum atomic E-state index is -1.48. The zero-order valence-electron chi connectivity index (χ0n) is 10.7. The Morgan fingerprint density at radius 3 is 2.85 bits per heavy atom. The van der Waals surface area contributed by atoms with Gasteiger partial charge in [-0.05, 0) is 17.7 Å². The number of nitriles is 1. The van der Waals surface area contributed by atoms with E-state index in [1.807, 2.05) is 6.07 Å². The smallest absolute Gasteiger partial charge is 0.327 e. The first-order valence-corrected chi connectivity index (χ1v) is 7.11. The van der Waals surface area contributed by atoms with Crippen LogP contribution in [0.3, 0.4) is 0 Å². The summed E-state index contributed by atoms with van der Waals surface area (Å²) in [6.07, 6.45) is 1.42. The fourth-order valence-corrected chi connectivity index (χ4v) is 2.74. The molecule has 2 N–H and O–H groups in total. The molecule has 2 unspecified atom stereocenters. The first-order chi connectivity index (χ1) is 9.42. The molecule has 0 fully saturated rings. The average Bonchev–Trinajstić information content (AvgIpc) is 2.37. The zero-order valence-corrected chi connectivity index (χ0v) is 11.5. The van der Waals surface area contributed by atoms with Gasteiger partial charge in [-0.25, -0.2) is 9.78 Å². The standard InChI is InChI=1S/C12H13N3O4S/c1-8(16)15-11(12(17)18)7-20(19)6-9-2-3-14-10(4-9)5-13/h2-4,11H,6-7H2,1H3,(H,15,16)(H,17,18). The minimum Gasteiger partial charge on any atom is -0.480 e. The van der Waals surface area contributed by atoms with E-state index < -0.39 is 28.7 Å². The van der Waals surface area contributed by atoms with Crippen molar-refractivity contribution in [1.29, 1.82) is 5.26 Å². The van der Waals surface area contributed by atoms with E-state index in [9.17, 15) is 13.8 Å². The molecule has 0 saturated heterocycles. The first kappa shape index (κ1) is 15.8. The van der Waals surface area contributed by atoms with E-state index >= 15 is 0 Å². The number of hydrogen-bond donors (Lipinski definition) is 2. The second-order valence-electron chi connectivity index (χ2n) is 4.00. The highest BCUT2D eigenvalue weighted by Gasteiger charge is 2.21. The summed E-state index contributed by atoms with van der Waals surface area (Å²) >= 11 is 0. The summed E-state index contributed by atoms with van der Waals surface area (Å²) in [6.45, 7) is 1.20. The van der Waals surface area contributed by atoms with Crippen molar-refractivity contribution in [3.8, 4) is 6.07 Å². The second-order valence-corrected chi connectivity index (χ2v) is 5.50. The molecule has 1 heterocycles. The van der Waals surface area contributed by atoms with Crippen LogP contribution < -0.4 is 5.32 Å². The highest BCUT2D eigenvalue weighted by Crippen LogP contribution is 2.06. The molecule has 7 nitrogen and oxygen atoms in total.